The maximum Gasteiger partial charge on any atom is 0.134 e. The molecule has 0 aromatic heterocycles. The third kappa shape index (κ3) is 3.14. The molecule has 0 saturated carbocycles. The molecule has 0 unspecified atom stereocenters. The van der Waals surface area contributed by atoms with Gasteiger partial charge in [0.15, 0.2) is 0 Å². The first-order chi connectivity index (χ1) is 6.36. The van der Waals surface area contributed by atoms with Crippen molar-refractivity contribution in [1.29, 1.82) is 5.26 Å². The van der Waals surface area contributed by atoms with Crippen molar-refractivity contribution in [2.75, 3.05) is 13.7 Å². The molecule has 1 aromatic rings. The number of rotatable bonds is 4. The van der Waals surface area contributed by atoms with Crippen LogP contribution in [0, 0.1) is 11.3 Å². The van der Waals surface area contributed by atoms with Crippen LogP contribution in [0.2, 0.25) is 0 Å². The summed E-state index contributed by atoms with van der Waals surface area (Å²) in [6.07, 6.45) is 0. The summed E-state index contributed by atoms with van der Waals surface area (Å²) in [6, 6.07) is 9.49. The molecule has 0 atom stereocenters. The Morgan fingerprint density at radius 1 is 1.46 bits per heavy atom. The molecular formula is C10H11NO2. The van der Waals surface area contributed by atoms with Crippen LogP contribution in [0.25, 0.3) is 0 Å². The van der Waals surface area contributed by atoms with Crippen molar-refractivity contribution in [3.05, 3.63) is 29.8 Å². The van der Waals surface area contributed by atoms with E-state index in [9.17, 15) is 0 Å². The van der Waals surface area contributed by atoms with Gasteiger partial charge in [0.2, 0.25) is 0 Å². The molecule has 1 rings (SSSR count). The smallest absolute Gasteiger partial charge is 0.134 e. The molecule has 0 aliphatic heterocycles. The second kappa shape index (κ2) is 5.18. The summed E-state index contributed by atoms with van der Waals surface area (Å²) in [6.45, 7) is 0.571. The predicted octanol–water partition coefficient (Wildman–Crippen LogP) is 1.74. The molecule has 13 heavy (non-hydrogen) atoms. The van der Waals surface area contributed by atoms with Crippen LogP contribution in [-0.2, 0) is 11.3 Å². The maximum atomic E-state index is 8.25. The van der Waals surface area contributed by atoms with E-state index in [1.165, 1.54) is 0 Å². The largest absolute Gasteiger partial charge is 0.497 e. The normalized spacial score (nSPS) is 9.23. The van der Waals surface area contributed by atoms with Crippen molar-refractivity contribution in [2.24, 2.45) is 0 Å². The van der Waals surface area contributed by atoms with Gasteiger partial charge < -0.3 is 9.47 Å². The topological polar surface area (TPSA) is 42.2 Å². The third-order valence-electron chi connectivity index (χ3n) is 1.57. The molecule has 0 bridgehead atoms. The number of benzene rings is 1. The van der Waals surface area contributed by atoms with E-state index in [2.05, 4.69) is 0 Å². The first-order valence-electron chi connectivity index (χ1n) is 3.94. The van der Waals surface area contributed by atoms with E-state index in [1.807, 2.05) is 30.3 Å². The van der Waals surface area contributed by atoms with E-state index < -0.39 is 0 Å². The average molecular weight is 177 g/mol. The van der Waals surface area contributed by atoms with Gasteiger partial charge in [-0.05, 0) is 17.7 Å². The first kappa shape index (κ1) is 9.56. The molecule has 0 radical (unpaired) electrons. The molecule has 0 fully saturated rings. The van der Waals surface area contributed by atoms with Crippen molar-refractivity contribution in [1.82, 2.24) is 0 Å². The molecule has 1 aromatic carbocycles. The van der Waals surface area contributed by atoms with Crippen LogP contribution in [0.3, 0.4) is 0 Å². The van der Waals surface area contributed by atoms with Crippen LogP contribution < -0.4 is 4.74 Å². The van der Waals surface area contributed by atoms with E-state index in [1.54, 1.807) is 7.11 Å². The summed E-state index contributed by atoms with van der Waals surface area (Å²) < 4.78 is 10.1. The fourth-order valence-electron chi connectivity index (χ4n) is 0.977. The van der Waals surface area contributed by atoms with Gasteiger partial charge in [-0.1, -0.05) is 12.1 Å². The Labute approximate surface area is 77.5 Å². The summed E-state index contributed by atoms with van der Waals surface area (Å²) in [5.41, 5.74) is 1.01. The lowest BCUT2D eigenvalue weighted by Gasteiger charge is -2.03. The number of nitrogens with zero attached hydrogens (tertiary/aromatic N) is 1. The van der Waals surface area contributed by atoms with E-state index in [0.29, 0.717) is 6.61 Å². The highest BCUT2D eigenvalue weighted by Gasteiger charge is 1.94. The highest BCUT2D eigenvalue weighted by atomic mass is 16.5. The Balaban J connectivity index is 2.52. The second-order valence-electron chi connectivity index (χ2n) is 2.50. The summed E-state index contributed by atoms with van der Waals surface area (Å²) in [5, 5.41) is 8.25. The fourth-order valence-corrected chi connectivity index (χ4v) is 0.977. The summed E-state index contributed by atoms with van der Waals surface area (Å²) in [5.74, 6) is 0.804. The van der Waals surface area contributed by atoms with Gasteiger partial charge in [-0.2, -0.15) is 5.26 Å². The molecule has 0 aliphatic carbocycles. The van der Waals surface area contributed by atoms with Gasteiger partial charge in [-0.25, -0.2) is 0 Å². The second-order valence-corrected chi connectivity index (χ2v) is 2.50. The van der Waals surface area contributed by atoms with Crippen LogP contribution in [0.5, 0.6) is 5.75 Å². The molecule has 0 spiro atoms. The lowest BCUT2D eigenvalue weighted by atomic mass is 10.2. The van der Waals surface area contributed by atoms with Crippen LogP contribution in [0.1, 0.15) is 5.56 Å². The van der Waals surface area contributed by atoms with E-state index in [0.717, 1.165) is 11.3 Å². The Hall–Kier alpha value is -1.53. The van der Waals surface area contributed by atoms with Crippen LogP contribution in [0.15, 0.2) is 24.3 Å². The van der Waals surface area contributed by atoms with Gasteiger partial charge >= 0.3 is 0 Å². The molecule has 0 saturated heterocycles. The van der Waals surface area contributed by atoms with Gasteiger partial charge in [0.1, 0.15) is 12.4 Å². The van der Waals surface area contributed by atoms with E-state index in [4.69, 9.17) is 14.7 Å². The number of ether oxygens (including phenoxy) is 2. The quantitative estimate of drug-likeness (QED) is 0.658. The predicted molar refractivity (Wildman–Crippen MR) is 48.3 cm³/mol. The molecule has 3 nitrogen and oxygen atoms in total. The molecule has 0 N–H and O–H groups in total. The zero-order chi connectivity index (χ0) is 9.52. The fraction of sp³-hybridized carbons (Fsp3) is 0.300. The van der Waals surface area contributed by atoms with Gasteiger partial charge in [-0.3, -0.25) is 0 Å². The molecule has 3 heteroatoms. The SMILES string of the molecule is COc1cccc(COCC#N)c1. The summed E-state index contributed by atoms with van der Waals surface area (Å²) in [4.78, 5) is 0. The number of hydrogen-bond donors (Lipinski definition) is 0. The standard InChI is InChI=1S/C10H11NO2/c1-12-10-4-2-3-9(7-10)8-13-6-5-11/h2-4,7H,6,8H2,1H3. The molecule has 0 heterocycles. The average Bonchev–Trinajstić information content (AvgIpc) is 2.19. The molecule has 0 amide bonds. The lowest BCUT2D eigenvalue weighted by Crippen LogP contribution is -1.93. The Morgan fingerprint density at radius 3 is 3.00 bits per heavy atom. The van der Waals surface area contributed by atoms with E-state index >= 15 is 0 Å². The highest BCUT2D eigenvalue weighted by Crippen LogP contribution is 2.12. The van der Waals surface area contributed by atoms with Gasteiger partial charge in [0, 0.05) is 0 Å². The number of hydrogen-bond acceptors (Lipinski definition) is 3. The van der Waals surface area contributed by atoms with Crippen molar-refractivity contribution < 1.29 is 9.47 Å². The monoisotopic (exact) mass is 177 g/mol. The summed E-state index contributed by atoms with van der Waals surface area (Å²) >= 11 is 0. The zero-order valence-electron chi connectivity index (χ0n) is 7.49. The van der Waals surface area contributed by atoms with Crippen LogP contribution in [-0.4, -0.2) is 13.7 Å². The van der Waals surface area contributed by atoms with Crippen LogP contribution in [0.4, 0.5) is 0 Å². The van der Waals surface area contributed by atoms with Crippen molar-refractivity contribution in [2.45, 2.75) is 6.61 Å². The first-order valence-corrected chi connectivity index (χ1v) is 3.94. The molecule has 68 valence electrons. The Morgan fingerprint density at radius 2 is 2.31 bits per heavy atom. The van der Waals surface area contributed by atoms with Gasteiger partial charge in [-0.15, -0.1) is 0 Å². The summed E-state index contributed by atoms with van der Waals surface area (Å²) in [7, 11) is 1.62. The van der Waals surface area contributed by atoms with Crippen molar-refractivity contribution in [3.8, 4) is 11.8 Å². The number of methoxy groups -OCH3 is 1. The number of nitriles is 1. The molecule has 0 aliphatic rings. The molecular weight excluding hydrogens is 166 g/mol. The minimum absolute atomic E-state index is 0.122. The van der Waals surface area contributed by atoms with Crippen LogP contribution >= 0.6 is 0 Å². The lowest BCUT2D eigenvalue weighted by molar-refractivity contribution is 0.152. The maximum absolute atomic E-state index is 8.25. The Kier molecular flexibility index (Phi) is 3.80. The van der Waals surface area contributed by atoms with Gasteiger partial charge in [0.25, 0.3) is 0 Å². The minimum atomic E-state index is 0.122. The third-order valence-corrected chi connectivity index (χ3v) is 1.57. The van der Waals surface area contributed by atoms with Crippen molar-refractivity contribution >= 4 is 0 Å². The Bertz CT molecular complexity index is 304. The van der Waals surface area contributed by atoms with E-state index in [-0.39, 0.29) is 6.61 Å². The zero-order valence-corrected chi connectivity index (χ0v) is 7.49. The van der Waals surface area contributed by atoms with Gasteiger partial charge in [0.05, 0.1) is 19.8 Å². The highest BCUT2D eigenvalue weighted by molar-refractivity contribution is 5.27. The van der Waals surface area contributed by atoms with Crippen molar-refractivity contribution in [3.63, 3.8) is 0 Å². The minimum Gasteiger partial charge on any atom is -0.497 e.